The third kappa shape index (κ3) is 2.49. The molecule has 1 aliphatic rings. The maximum atomic E-state index is 11.2. The van der Waals surface area contributed by atoms with Crippen LogP contribution in [0.5, 0.6) is 0 Å². The highest BCUT2D eigenvalue weighted by Gasteiger charge is 2.27. The van der Waals surface area contributed by atoms with Crippen molar-refractivity contribution in [3.05, 3.63) is 51.8 Å². The molecule has 1 aromatic heterocycles. The molecular weight excluding hydrogens is 270 g/mol. The molecule has 7 nitrogen and oxygen atoms in total. The van der Waals surface area contributed by atoms with E-state index in [1.807, 2.05) is 12.1 Å². The first-order valence-electron chi connectivity index (χ1n) is 6.69. The number of nitrogens with one attached hydrogen (secondary N) is 2. The molecule has 0 aliphatic heterocycles. The fraction of sp³-hybridized carbons (Fsp3) is 0.286. The lowest BCUT2D eigenvalue weighted by Gasteiger charge is -2.13. The van der Waals surface area contributed by atoms with Crippen molar-refractivity contribution in [1.82, 2.24) is 9.97 Å². The second-order valence-electron chi connectivity index (χ2n) is 4.94. The minimum atomic E-state index is -0.462. The Balaban J connectivity index is 1.85. The van der Waals surface area contributed by atoms with Crippen LogP contribution in [0.3, 0.4) is 0 Å². The Morgan fingerprint density at radius 1 is 1.19 bits per heavy atom. The molecule has 0 radical (unpaired) electrons. The number of anilines is 2. The Kier molecular flexibility index (Phi) is 3.39. The first kappa shape index (κ1) is 13.3. The van der Waals surface area contributed by atoms with Gasteiger partial charge in [-0.2, -0.15) is 0 Å². The number of nitro groups is 1. The predicted octanol–water partition coefficient (Wildman–Crippen LogP) is 2.01. The molecule has 0 fully saturated rings. The zero-order chi connectivity index (χ0) is 14.8. The van der Waals surface area contributed by atoms with E-state index in [1.54, 1.807) is 7.05 Å². The standard InChI is InChI=1S/C14H15N5O2/c1-15-13-12(19(20)21)14(17-8-16-13)18-11-6-9-4-2-3-5-10(9)7-11/h2-5,8,11H,6-7H2,1H3,(H2,15,16,17,18). The number of aromatic nitrogens is 2. The molecule has 3 rings (SSSR count). The molecule has 0 spiro atoms. The highest BCUT2D eigenvalue weighted by atomic mass is 16.6. The molecule has 0 atom stereocenters. The molecule has 21 heavy (non-hydrogen) atoms. The topological polar surface area (TPSA) is 93.0 Å². The van der Waals surface area contributed by atoms with Gasteiger partial charge in [-0.1, -0.05) is 24.3 Å². The number of hydrogen-bond acceptors (Lipinski definition) is 6. The van der Waals surface area contributed by atoms with Gasteiger partial charge in [0.2, 0.25) is 11.6 Å². The Morgan fingerprint density at radius 3 is 2.38 bits per heavy atom. The Labute approximate surface area is 121 Å². The fourth-order valence-corrected chi connectivity index (χ4v) is 2.69. The van der Waals surface area contributed by atoms with Crippen LogP contribution >= 0.6 is 0 Å². The van der Waals surface area contributed by atoms with Crippen LogP contribution in [-0.2, 0) is 12.8 Å². The Hall–Kier alpha value is -2.70. The molecule has 1 heterocycles. The average Bonchev–Trinajstić information content (AvgIpc) is 2.88. The van der Waals surface area contributed by atoms with Crippen LogP contribution in [0, 0.1) is 10.1 Å². The summed E-state index contributed by atoms with van der Waals surface area (Å²) in [7, 11) is 1.60. The van der Waals surface area contributed by atoms with Crippen LogP contribution in [0.4, 0.5) is 17.3 Å². The maximum absolute atomic E-state index is 11.2. The van der Waals surface area contributed by atoms with Crippen molar-refractivity contribution >= 4 is 17.3 Å². The average molecular weight is 285 g/mol. The summed E-state index contributed by atoms with van der Waals surface area (Å²) < 4.78 is 0. The third-order valence-electron chi connectivity index (χ3n) is 3.63. The van der Waals surface area contributed by atoms with Gasteiger partial charge >= 0.3 is 5.69 Å². The van der Waals surface area contributed by atoms with Crippen molar-refractivity contribution in [2.24, 2.45) is 0 Å². The van der Waals surface area contributed by atoms with Gasteiger partial charge in [-0.05, 0) is 24.0 Å². The molecule has 1 aliphatic carbocycles. The predicted molar refractivity (Wildman–Crippen MR) is 79.5 cm³/mol. The second-order valence-corrected chi connectivity index (χ2v) is 4.94. The number of nitrogens with zero attached hydrogens (tertiary/aromatic N) is 3. The summed E-state index contributed by atoms with van der Waals surface area (Å²) in [6.45, 7) is 0. The van der Waals surface area contributed by atoms with E-state index in [2.05, 4.69) is 32.7 Å². The second kappa shape index (κ2) is 5.35. The van der Waals surface area contributed by atoms with E-state index in [0.29, 0.717) is 0 Å². The van der Waals surface area contributed by atoms with Gasteiger partial charge in [0.05, 0.1) is 4.92 Å². The van der Waals surface area contributed by atoms with Gasteiger partial charge in [0.15, 0.2) is 0 Å². The van der Waals surface area contributed by atoms with Crippen molar-refractivity contribution in [2.75, 3.05) is 17.7 Å². The lowest BCUT2D eigenvalue weighted by molar-refractivity contribution is -0.383. The fourth-order valence-electron chi connectivity index (χ4n) is 2.69. The molecule has 2 N–H and O–H groups in total. The minimum absolute atomic E-state index is 0.112. The van der Waals surface area contributed by atoms with E-state index >= 15 is 0 Å². The van der Waals surface area contributed by atoms with Crippen molar-refractivity contribution in [3.8, 4) is 0 Å². The Bertz CT molecular complexity index is 664. The van der Waals surface area contributed by atoms with Crippen LogP contribution in [0.25, 0.3) is 0 Å². The van der Waals surface area contributed by atoms with E-state index < -0.39 is 4.92 Å². The first-order chi connectivity index (χ1) is 10.2. The van der Waals surface area contributed by atoms with E-state index in [9.17, 15) is 10.1 Å². The Morgan fingerprint density at radius 2 is 1.81 bits per heavy atom. The summed E-state index contributed by atoms with van der Waals surface area (Å²) in [5.74, 6) is 0.477. The van der Waals surface area contributed by atoms with Crippen LogP contribution in [0.15, 0.2) is 30.6 Å². The zero-order valence-electron chi connectivity index (χ0n) is 11.5. The smallest absolute Gasteiger partial charge is 0.353 e. The minimum Gasteiger partial charge on any atom is -0.367 e. The van der Waals surface area contributed by atoms with Gasteiger partial charge < -0.3 is 10.6 Å². The lowest BCUT2D eigenvalue weighted by Crippen LogP contribution is -2.21. The molecule has 0 bridgehead atoms. The highest BCUT2D eigenvalue weighted by molar-refractivity contribution is 5.69. The van der Waals surface area contributed by atoms with E-state index in [0.717, 1.165) is 12.8 Å². The van der Waals surface area contributed by atoms with Gasteiger partial charge in [0.25, 0.3) is 0 Å². The first-order valence-corrected chi connectivity index (χ1v) is 6.69. The molecule has 1 aromatic carbocycles. The van der Waals surface area contributed by atoms with Gasteiger partial charge in [0.1, 0.15) is 6.33 Å². The van der Waals surface area contributed by atoms with Gasteiger partial charge in [-0.25, -0.2) is 9.97 Å². The molecule has 0 amide bonds. The van der Waals surface area contributed by atoms with Gasteiger partial charge in [0, 0.05) is 13.1 Å². The summed E-state index contributed by atoms with van der Waals surface area (Å²) in [5, 5.41) is 17.1. The quantitative estimate of drug-likeness (QED) is 0.659. The van der Waals surface area contributed by atoms with Crippen molar-refractivity contribution in [2.45, 2.75) is 18.9 Å². The summed E-state index contributed by atoms with van der Waals surface area (Å²) in [6, 6.07) is 8.30. The van der Waals surface area contributed by atoms with Gasteiger partial charge in [-0.3, -0.25) is 10.1 Å². The molecule has 2 aromatic rings. The van der Waals surface area contributed by atoms with Crippen LogP contribution in [0.2, 0.25) is 0 Å². The molecule has 0 saturated carbocycles. The van der Waals surface area contributed by atoms with Crippen molar-refractivity contribution in [1.29, 1.82) is 0 Å². The highest BCUT2D eigenvalue weighted by Crippen LogP contribution is 2.31. The van der Waals surface area contributed by atoms with Crippen LogP contribution in [-0.4, -0.2) is 28.0 Å². The number of fused-ring (bicyclic) bond motifs is 1. The number of benzene rings is 1. The van der Waals surface area contributed by atoms with Crippen molar-refractivity contribution < 1.29 is 4.92 Å². The summed E-state index contributed by atoms with van der Waals surface area (Å²) >= 11 is 0. The largest absolute Gasteiger partial charge is 0.367 e. The lowest BCUT2D eigenvalue weighted by atomic mass is 10.1. The normalized spacial score (nSPS) is 13.8. The molecule has 7 heteroatoms. The van der Waals surface area contributed by atoms with E-state index in [-0.39, 0.29) is 23.4 Å². The monoisotopic (exact) mass is 285 g/mol. The summed E-state index contributed by atoms with van der Waals surface area (Å²) in [6.07, 6.45) is 3.00. The molecule has 0 saturated heterocycles. The number of rotatable bonds is 4. The van der Waals surface area contributed by atoms with Gasteiger partial charge in [-0.15, -0.1) is 0 Å². The maximum Gasteiger partial charge on any atom is 0.353 e. The third-order valence-corrected chi connectivity index (χ3v) is 3.63. The summed E-state index contributed by atoms with van der Waals surface area (Å²) in [5.41, 5.74) is 2.44. The SMILES string of the molecule is CNc1ncnc(NC2Cc3ccccc3C2)c1[N+](=O)[O-]. The summed E-state index contributed by atoms with van der Waals surface area (Å²) in [4.78, 5) is 18.7. The van der Waals surface area contributed by atoms with E-state index in [4.69, 9.17) is 0 Å². The van der Waals surface area contributed by atoms with Crippen LogP contribution < -0.4 is 10.6 Å². The van der Waals surface area contributed by atoms with E-state index in [1.165, 1.54) is 17.5 Å². The zero-order valence-corrected chi connectivity index (χ0v) is 11.5. The molecular formula is C14H15N5O2. The molecule has 108 valence electrons. The molecule has 0 unspecified atom stereocenters. The van der Waals surface area contributed by atoms with Crippen LogP contribution in [0.1, 0.15) is 11.1 Å². The van der Waals surface area contributed by atoms with Crippen molar-refractivity contribution in [3.63, 3.8) is 0 Å². The number of hydrogen-bond donors (Lipinski definition) is 2.